The van der Waals surface area contributed by atoms with Gasteiger partial charge in [0.15, 0.2) is 0 Å². The molecular formula is C17H24N2O5. The van der Waals surface area contributed by atoms with Crippen LogP contribution in [0.3, 0.4) is 0 Å². The Hall–Kier alpha value is -2.41. The van der Waals surface area contributed by atoms with Gasteiger partial charge in [-0.2, -0.15) is 0 Å². The van der Waals surface area contributed by atoms with Crippen molar-refractivity contribution in [1.82, 2.24) is 10.2 Å². The molecule has 1 atom stereocenters. The smallest absolute Gasteiger partial charge is 0.326 e. The zero-order valence-corrected chi connectivity index (χ0v) is 14.0. The quantitative estimate of drug-likeness (QED) is 0.613. The van der Waals surface area contributed by atoms with Gasteiger partial charge in [-0.15, -0.1) is 0 Å². The van der Waals surface area contributed by atoms with E-state index in [1.165, 1.54) is 18.7 Å². The molecule has 0 aliphatic carbocycles. The normalized spacial score (nSPS) is 11.6. The van der Waals surface area contributed by atoms with E-state index in [1.807, 2.05) is 30.3 Å². The molecular weight excluding hydrogens is 312 g/mol. The lowest BCUT2D eigenvalue weighted by atomic mass is 10.2. The Morgan fingerprint density at radius 1 is 1.25 bits per heavy atom. The van der Waals surface area contributed by atoms with E-state index in [1.54, 1.807) is 0 Å². The average molecular weight is 336 g/mol. The van der Waals surface area contributed by atoms with E-state index < -0.39 is 17.9 Å². The first kappa shape index (κ1) is 19.6. The zero-order chi connectivity index (χ0) is 17.9. The number of rotatable bonds is 10. The second-order valence-electron chi connectivity index (χ2n) is 5.37. The van der Waals surface area contributed by atoms with Crippen molar-refractivity contribution >= 4 is 17.8 Å². The minimum absolute atomic E-state index is 0.119. The number of nitrogens with zero attached hydrogens (tertiary/aromatic N) is 1. The van der Waals surface area contributed by atoms with Crippen molar-refractivity contribution in [2.45, 2.75) is 26.3 Å². The molecule has 0 spiro atoms. The summed E-state index contributed by atoms with van der Waals surface area (Å²) in [6.45, 7) is 3.29. The van der Waals surface area contributed by atoms with Crippen molar-refractivity contribution in [2.24, 2.45) is 0 Å². The van der Waals surface area contributed by atoms with Crippen LogP contribution in [0.25, 0.3) is 0 Å². The fraction of sp³-hybridized carbons (Fsp3) is 0.471. The van der Waals surface area contributed by atoms with Gasteiger partial charge in [-0.1, -0.05) is 30.3 Å². The first-order valence-electron chi connectivity index (χ1n) is 7.80. The van der Waals surface area contributed by atoms with E-state index in [-0.39, 0.29) is 25.6 Å². The molecule has 24 heavy (non-hydrogen) atoms. The standard InChI is InChI=1S/C17H24N2O5/c1-13(17(22)23)19(10-9-18-14(2)20)16(21)12-24-11-8-15-6-4-3-5-7-15/h3-7,13H,8-12H2,1-2H3,(H,18,20)(H,22,23). The van der Waals surface area contributed by atoms with Gasteiger partial charge in [0.25, 0.3) is 0 Å². The highest BCUT2D eigenvalue weighted by atomic mass is 16.5. The van der Waals surface area contributed by atoms with Gasteiger partial charge in [0.1, 0.15) is 12.6 Å². The molecule has 2 N–H and O–H groups in total. The van der Waals surface area contributed by atoms with Crippen LogP contribution in [-0.4, -0.2) is 60.1 Å². The topological polar surface area (TPSA) is 95.9 Å². The Morgan fingerprint density at radius 3 is 2.50 bits per heavy atom. The van der Waals surface area contributed by atoms with Gasteiger partial charge in [-0.3, -0.25) is 9.59 Å². The van der Waals surface area contributed by atoms with Crippen LogP contribution < -0.4 is 5.32 Å². The molecule has 1 aromatic carbocycles. The molecule has 7 nitrogen and oxygen atoms in total. The number of nitrogens with one attached hydrogen (secondary N) is 1. The van der Waals surface area contributed by atoms with Crippen molar-refractivity contribution in [3.63, 3.8) is 0 Å². The maximum Gasteiger partial charge on any atom is 0.326 e. The molecule has 0 heterocycles. The van der Waals surface area contributed by atoms with Gasteiger partial charge >= 0.3 is 5.97 Å². The van der Waals surface area contributed by atoms with Gasteiger partial charge < -0.3 is 20.1 Å². The lowest BCUT2D eigenvalue weighted by Gasteiger charge is -2.26. The van der Waals surface area contributed by atoms with Crippen molar-refractivity contribution in [3.05, 3.63) is 35.9 Å². The van der Waals surface area contributed by atoms with E-state index in [9.17, 15) is 14.4 Å². The maximum absolute atomic E-state index is 12.2. The van der Waals surface area contributed by atoms with Crippen molar-refractivity contribution in [2.75, 3.05) is 26.3 Å². The number of hydrogen-bond donors (Lipinski definition) is 2. The highest BCUT2D eigenvalue weighted by molar-refractivity contribution is 5.84. The molecule has 0 bridgehead atoms. The van der Waals surface area contributed by atoms with Gasteiger partial charge in [0, 0.05) is 20.0 Å². The highest BCUT2D eigenvalue weighted by Gasteiger charge is 2.25. The summed E-state index contributed by atoms with van der Waals surface area (Å²) in [4.78, 5) is 35.4. The van der Waals surface area contributed by atoms with E-state index >= 15 is 0 Å². The first-order valence-corrected chi connectivity index (χ1v) is 7.80. The lowest BCUT2D eigenvalue weighted by molar-refractivity contribution is -0.151. The summed E-state index contributed by atoms with van der Waals surface area (Å²) in [6, 6.07) is 8.74. The third-order valence-corrected chi connectivity index (χ3v) is 3.48. The number of carbonyl (C=O) groups excluding carboxylic acids is 2. The molecule has 1 aromatic rings. The van der Waals surface area contributed by atoms with Crippen LogP contribution in [0.1, 0.15) is 19.4 Å². The average Bonchev–Trinajstić information content (AvgIpc) is 2.55. The predicted molar refractivity (Wildman–Crippen MR) is 88.5 cm³/mol. The maximum atomic E-state index is 12.2. The molecule has 0 saturated carbocycles. The first-order chi connectivity index (χ1) is 11.4. The Balaban J connectivity index is 2.44. The third kappa shape index (κ3) is 7.23. The number of amides is 2. The molecule has 0 aliphatic heterocycles. The minimum atomic E-state index is -1.10. The van der Waals surface area contributed by atoms with E-state index in [2.05, 4.69) is 5.32 Å². The van der Waals surface area contributed by atoms with Crippen molar-refractivity contribution in [1.29, 1.82) is 0 Å². The van der Waals surface area contributed by atoms with Gasteiger partial charge in [0.05, 0.1) is 6.61 Å². The molecule has 0 fully saturated rings. The second-order valence-corrected chi connectivity index (χ2v) is 5.37. The number of aliphatic carboxylic acids is 1. The Morgan fingerprint density at radius 2 is 1.92 bits per heavy atom. The highest BCUT2D eigenvalue weighted by Crippen LogP contribution is 2.02. The molecule has 1 unspecified atom stereocenters. The third-order valence-electron chi connectivity index (χ3n) is 3.48. The molecule has 132 valence electrons. The van der Waals surface area contributed by atoms with Crippen LogP contribution in [0.4, 0.5) is 0 Å². The number of benzene rings is 1. The lowest BCUT2D eigenvalue weighted by Crippen LogP contribution is -2.48. The number of carboxylic acid groups (broad SMARTS) is 1. The van der Waals surface area contributed by atoms with Crippen LogP contribution in [0.15, 0.2) is 30.3 Å². The molecule has 0 aliphatic rings. The fourth-order valence-corrected chi connectivity index (χ4v) is 2.10. The van der Waals surface area contributed by atoms with E-state index in [0.717, 1.165) is 5.56 Å². The summed E-state index contributed by atoms with van der Waals surface area (Å²) in [5.74, 6) is -1.75. The Bertz CT molecular complexity index is 547. The predicted octanol–water partition coefficient (Wildman–Crippen LogP) is 0.684. The summed E-state index contributed by atoms with van der Waals surface area (Å²) in [7, 11) is 0. The summed E-state index contributed by atoms with van der Waals surface area (Å²) in [5.41, 5.74) is 1.10. The largest absolute Gasteiger partial charge is 0.480 e. The number of carbonyl (C=O) groups is 3. The van der Waals surface area contributed by atoms with Gasteiger partial charge in [0.2, 0.25) is 11.8 Å². The molecule has 0 saturated heterocycles. The monoisotopic (exact) mass is 336 g/mol. The van der Waals surface area contributed by atoms with Crippen LogP contribution in [0.5, 0.6) is 0 Å². The molecule has 0 aromatic heterocycles. The van der Waals surface area contributed by atoms with Crippen LogP contribution in [0.2, 0.25) is 0 Å². The molecule has 0 radical (unpaired) electrons. The Kier molecular flexibility index (Phi) is 8.49. The van der Waals surface area contributed by atoms with Crippen molar-refractivity contribution in [3.8, 4) is 0 Å². The Labute approximate surface area is 141 Å². The van der Waals surface area contributed by atoms with E-state index in [0.29, 0.717) is 13.0 Å². The van der Waals surface area contributed by atoms with Gasteiger partial charge in [-0.25, -0.2) is 4.79 Å². The second kappa shape index (κ2) is 10.4. The molecule has 7 heteroatoms. The number of hydrogen-bond acceptors (Lipinski definition) is 4. The molecule has 2 amide bonds. The van der Waals surface area contributed by atoms with Gasteiger partial charge in [-0.05, 0) is 18.9 Å². The molecule has 1 rings (SSSR count). The van der Waals surface area contributed by atoms with Crippen LogP contribution in [0, 0.1) is 0 Å². The minimum Gasteiger partial charge on any atom is -0.480 e. The summed E-state index contributed by atoms with van der Waals surface area (Å²) in [5, 5.41) is 11.7. The van der Waals surface area contributed by atoms with Crippen molar-refractivity contribution < 1.29 is 24.2 Å². The summed E-state index contributed by atoms with van der Waals surface area (Å²) in [6.07, 6.45) is 0.675. The summed E-state index contributed by atoms with van der Waals surface area (Å²) >= 11 is 0. The fourth-order valence-electron chi connectivity index (χ4n) is 2.10. The van der Waals surface area contributed by atoms with E-state index in [4.69, 9.17) is 9.84 Å². The number of carboxylic acids is 1. The summed E-state index contributed by atoms with van der Waals surface area (Å²) < 4.78 is 5.37. The number of ether oxygens (including phenoxy) is 1. The zero-order valence-electron chi connectivity index (χ0n) is 14.0. The van der Waals surface area contributed by atoms with Crippen LogP contribution in [-0.2, 0) is 25.5 Å². The SMILES string of the molecule is CC(=O)NCCN(C(=O)COCCc1ccccc1)C(C)C(=O)O. The van der Waals surface area contributed by atoms with Crippen LogP contribution >= 0.6 is 0 Å².